The van der Waals surface area contributed by atoms with E-state index in [0.29, 0.717) is 12.3 Å². The highest BCUT2D eigenvalue weighted by atomic mass is 19.1. The second-order valence-corrected chi connectivity index (χ2v) is 4.40. The molecule has 1 aromatic rings. The summed E-state index contributed by atoms with van der Waals surface area (Å²) < 4.78 is 18.4. The van der Waals surface area contributed by atoms with Crippen molar-refractivity contribution in [3.63, 3.8) is 0 Å². The van der Waals surface area contributed by atoms with Crippen LogP contribution in [0.5, 0.6) is 5.75 Å². The summed E-state index contributed by atoms with van der Waals surface area (Å²) in [6.45, 7) is 4.10. The first-order valence-electron chi connectivity index (χ1n) is 5.98. The van der Waals surface area contributed by atoms with E-state index in [2.05, 4.69) is 5.32 Å². The molecule has 98 valence electrons. The Balaban J connectivity index is 2.29. The highest BCUT2D eigenvalue weighted by Gasteiger charge is 2.26. The maximum absolute atomic E-state index is 13.3. The number of rotatable bonds is 2. The minimum atomic E-state index is -0.429. The first kappa shape index (κ1) is 12.8. The Morgan fingerprint density at radius 2 is 2.33 bits per heavy atom. The van der Waals surface area contributed by atoms with Crippen LogP contribution in [0.2, 0.25) is 0 Å². The molecule has 1 amide bonds. The lowest BCUT2D eigenvalue weighted by Crippen LogP contribution is -2.52. The molecule has 1 unspecified atom stereocenters. The van der Waals surface area contributed by atoms with Gasteiger partial charge in [-0.3, -0.25) is 4.79 Å². The molecule has 0 saturated carbocycles. The smallest absolute Gasteiger partial charge is 0.258 e. The Labute approximate surface area is 106 Å². The van der Waals surface area contributed by atoms with E-state index in [1.807, 2.05) is 6.92 Å². The molecule has 1 heterocycles. The van der Waals surface area contributed by atoms with Gasteiger partial charge in [0, 0.05) is 25.7 Å². The average molecular weight is 252 g/mol. The van der Waals surface area contributed by atoms with E-state index in [1.165, 1.54) is 25.3 Å². The van der Waals surface area contributed by atoms with Crippen LogP contribution in [0.4, 0.5) is 4.39 Å². The van der Waals surface area contributed by atoms with Crippen molar-refractivity contribution in [1.29, 1.82) is 0 Å². The predicted octanol–water partition coefficient (Wildman–Crippen LogP) is 1.27. The zero-order valence-corrected chi connectivity index (χ0v) is 10.6. The largest absolute Gasteiger partial charge is 0.496 e. The van der Waals surface area contributed by atoms with Gasteiger partial charge in [-0.25, -0.2) is 4.39 Å². The molecule has 0 spiro atoms. The number of benzene rings is 1. The molecule has 1 aliphatic heterocycles. The third-order valence-electron chi connectivity index (χ3n) is 3.15. The lowest BCUT2D eigenvalue weighted by atomic mass is 10.1. The fourth-order valence-corrected chi connectivity index (χ4v) is 2.14. The van der Waals surface area contributed by atoms with E-state index >= 15 is 0 Å². The first-order valence-corrected chi connectivity index (χ1v) is 5.98. The van der Waals surface area contributed by atoms with Gasteiger partial charge in [0.1, 0.15) is 11.6 Å². The van der Waals surface area contributed by atoms with Gasteiger partial charge in [0.25, 0.3) is 5.91 Å². The van der Waals surface area contributed by atoms with Crippen molar-refractivity contribution in [3.05, 3.63) is 29.6 Å². The van der Waals surface area contributed by atoms with Crippen LogP contribution >= 0.6 is 0 Å². The second-order valence-electron chi connectivity index (χ2n) is 4.40. The van der Waals surface area contributed by atoms with Crippen molar-refractivity contribution in [2.24, 2.45) is 0 Å². The number of hydrogen-bond donors (Lipinski definition) is 1. The van der Waals surface area contributed by atoms with E-state index < -0.39 is 5.82 Å². The topological polar surface area (TPSA) is 41.6 Å². The lowest BCUT2D eigenvalue weighted by molar-refractivity contribution is 0.0652. The minimum absolute atomic E-state index is 0.0965. The SMILES string of the molecule is COc1ccc(F)cc1C(=O)N1CCNCC1C. The van der Waals surface area contributed by atoms with Crippen LogP contribution in [-0.2, 0) is 0 Å². The van der Waals surface area contributed by atoms with Gasteiger partial charge in [0.15, 0.2) is 0 Å². The number of ether oxygens (including phenoxy) is 1. The predicted molar refractivity (Wildman–Crippen MR) is 66.3 cm³/mol. The van der Waals surface area contributed by atoms with Crippen molar-refractivity contribution in [3.8, 4) is 5.75 Å². The van der Waals surface area contributed by atoms with E-state index in [-0.39, 0.29) is 17.5 Å². The molecule has 1 aromatic carbocycles. The Bertz CT molecular complexity index is 451. The van der Waals surface area contributed by atoms with Gasteiger partial charge in [0.2, 0.25) is 0 Å². The molecule has 0 aromatic heterocycles. The molecule has 1 saturated heterocycles. The second kappa shape index (κ2) is 5.35. The average Bonchev–Trinajstić information content (AvgIpc) is 2.38. The van der Waals surface area contributed by atoms with E-state index in [1.54, 1.807) is 4.90 Å². The number of nitrogens with one attached hydrogen (secondary N) is 1. The summed E-state index contributed by atoms with van der Waals surface area (Å²) in [5.74, 6) is -0.200. The number of nitrogens with zero attached hydrogens (tertiary/aromatic N) is 1. The van der Waals surface area contributed by atoms with Gasteiger partial charge in [0.05, 0.1) is 12.7 Å². The zero-order chi connectivity index (χ0) is 13.1. The molecule has 0 aliphatic carbocycles. The van der Waals surface area contributed by atoms with Gasteiger partial charge in [-0.2, -0.15) is 0 Å². The first-order chi connectivity index (χ1) is 8.63. The number of piperazine rings is 1. The minimum Gasteiger partial charge on any atom is -0.496 e. The third-order valence-corrected chi connectivity index (χ3v) is 3.15. The molecule has 1 atom stereocenters. The van der Waals surface area contributed by atoms with Crippen molar-refractivity contribution in [2.75, 3.05) is 26.7 Å². The molecule has 0 bridgehead atoms. The third kappa shape index (κ3) is 2.46. The van der Waals surface area contributed by atoms with Crippen LogP contribution in [0.1, 0.15) is 17.3 Å². The molecule has 1 fully saturated rings. The fraction of sp³-hybridized carbons (Fsp3) is 0.462. The van der Waals surface area contributed by atoms with E-state index in [4.69, 9.17) is 4.74 Å². The molecule has 1 aliphatic rings. The molecule has 0 radical (unpaired) electrons. The number of amides is 1. The number of methoxy groups -OCH3 is 1. The van der Waals surface area contributed by atoms with Crippen molar-refractivity contribution >= 4 is 5.91 Å². The summed E-state index contributed by atoms with van der Waals surface area (Å²) in [5, 5.41) is 3.21. The van der Waals surface area contributed by atoms with Crippen LogP contribution in [0.3, 0.4) is 0 Å². The number of carbonyl (C=O) groups is 1. The van der Waals surface area contributed by atoms with Crippen LogP contribution < -0.4 is 10.1 Å². The quantitative estimate of drug-likeness (QED) is 0.861. The Kier molecular flexibility index (Phi) is 3.81. The summed E-state index contributed by atoms with van der Waals surface area (Å²) in [4.78, 5) is 14.1. The van der Waals surface area contributed by atoms with E-state index in [9.17, 15) is 9.18 Å². The van der Waals surface area contributed by atoms with Gasteiger partial charge in [-0.05, 0) is 25.1 Å². The zero-order valence-electron chi connectivity index (χ0n) is 10.6. The summed E-state index contributed by atoms with van der Waals surface area (Å²) >= 11 is 0. The maximum atomic E-state index is 13.3. The summed E-state index contributed by atoms with van der Waals surface area (Å²) in [6.07, 6.45) is 0. The molecule has 5 heteroatoms. The monoisotopic (exact) mass is 252 g/mol. The Morgan fingerprint density at radius 1 is 1.56 bits per heavy atom. The molecule has 18 heavy (non-hydrogen) atoms. The van der Waals surface area contributed by atoms with E-state index in [0.717, 1.165) is 13.1 Å². The van der Waals surface area contributed by atoms with Crippen molar-refractivity contribution in [1.82, 2.24) is 10.2 Å². The number of carbonyl (C=O) groups excluding carboxylic acids is 1. The van der Waals surface area contributed by atoms with Crippen LogP contribution in [-0.4, -0.2) is 43.6 Å². The fourth-order valence-electron chi connectivity index (χ4n) is 2.14. The van der Waals surface area contributed by atoms with Crippen LogP contribution in [0.25, 0.3) is 0 Å². The van der Waals surface area contributed by atoms with Crippen molar-refractivity contribution in [2.45, 2.75) is 13.0 Å². The normalized spacial score (nSPS) is 19.7. The number of hydrogen-bond acceptors (Lipinski definition) is 3. The molecule has 1 N–H and O–H groups in total. The molecular weight excluding hydrogens is 235 g/mol. The van der Waals surface area contributed by atoms with Gasteiger partial charge in [-0.1, -0.05) is 0 Å². The molecule has 4 nitrogen and oxygen atoms in total. The van der Waals surface area contributed by atoms with Gasteiger partial charge in [-0.15, -0.1) is 0 Å². The summed E-state index contributed by atoms with van der Waals surface area (Å²) in [7, 11) is 1.48. The molecular formula is C13H17FN2O2. The Morgan fingerprint density at radius 3 is 3.00 bits per heavy atom. The van der Waals surface area contributed by atoms with Crippen molar-refractivity contribution < 1.29 is 13.9 Å². The molecule has 2 rings (SSSR count). The maximum Gasteiger partial charge on any atom is 0.258 e. The lowest BCUT2D eigenvalue weighted by Gasteiger charge is -2.34. The van der Waals surface area contributed by atoms with Crippen LogP contribution in [0.15, 0.2) is 18.2 Å². The highest BCUT2D eigenvalue weighted by Crippen LogP contribution is 2.22. The van der Waals surface area contributed by atoms with Gasteiger partial charge < -0.3 is 15.0 Å². The van der Waals surface area contributed by atoms with Gasteiger partial charge >= 0.3 is 0 Å². The standard InChI is InChI=1S/C13H17FN2O2/c1-9-8-15-5-6-16(9)13(17)11-7-10(14)3-4-12(11)18-2/h3-4,7,9,15H,5-6,8H2,1-2H3. The summed E-state index contributed by atoms with van der Waals surface area (Å²) in [5.41, 5.74) is 0.284. The van der Waals surface area contributed by atoms with Crippen LogP contribution in [0, 0.1) is 5.82 Å². The summed E-state index contributed by atoms with van der Waals surface area (Å²) in [6, 6.07) is 4.10. The Hall–Kier alpha value is -1.62. The highest BCUT2D eigenvalue weighted by molar-refractivity contribution is 5.97. The number of halogens is 1.